The van der Waals surface area contributed by atoms with Gasteiger partial charge in [-0.1, -0.05) is 44.2 Å². The number of hydrogen-bond acceptors (Lipinski definition) is 6. The zero-order valence-corrected chi connectivity index (χ0v) is 21.8. The van der Waals surface area contributed by atoms with Crippen LogP contribution < -0.4 is 15.4 Å². The second-order valence-corrected chi connectivity index (χ2v) is 10.5. The van der Waals surface area contributed by atoms with Gasteiger partial charge in [0.05, 0.1) is 29.5 Å². The largest absolute Gasteiger partial charge is 0.493 e. The Labute approximate surface area is 220 Å². The van der Waals surface area contributed by atoms with Gasteiger partial charge < -0.3 is 15.4 Å². The molecule has 2 amide bonds. The highest BCUT2D eigenvalue weighted by Gasteiger charge is 2.43. The molecular weight excluding hydrogens is 486 g/mol. The van der Waals surface area contributed by atoms with Gasteiger partial charge in [-0.25, -0.2) is 0 Å². The van der Waals surface area contributed by atoms with Gasteiger partial charge >= 0.3 is 0 Å². The van der Waals surface area contributed by atoms with Crippen LogP contribution >= 0.6 is 11.3 Å². The summed E-state index contributed by atoms with van der Waals surface area (Å²) in [5.41, 5.74) is 3.52. The van der Waals surface area contributed by atoms with Gasteiger partial charge in [0.15, 0.2) is 5.96 Å². The molecule has 1 fully saturated rings. The van der Waals surface area contributed by atoms with Crippen LogP contribution in [0, 0.1) is 5.41 Å². The van der Waals surface area contributed by atoms with Crippen LogP contribution in [0.3, 0.4) is 0 Å². The summed E-state index contributed by atoms with van der Waals surface area (Å²) in [5, 5.41) is 15.2. The molecule has 3 aromatic rings. The third kappa shape index (κ3) is 4.83. The monoisotopic (exact) mass is 517 g/mol. The number of guanidine groups is 1. The molecule has 2 aliphatic heterocycles. The second-order valence-electron chi connectivity index (χ2n) is 9.53. The van der Waals surface area contributed by atoms with E-state index in [9.17, 15) is 9.59 Å². The van der Waals surface area contributed by atoms with Gasteiger partial charge in [-0.15, -0.1) is 11.3 Å². The minimum Gasteiger partial charge on any atom is -0.493 e. The number of benzene rings is 2. The standard InChI is InChI=1S/C28H31N5O3S/c1-3-28(4-2)15-24(34)33(27(29)32-28)25(23-16-30-17-37-23)18-8-7-9-19(14-18)26(35)31-21-12-13-36-22-11-6-5-10-20(21)22/h5-11,14,16-17,21,25H,3-4,12-13,15H2,1-2H3,(H2,29,32)(H,31,35)/t21-,25-/m0/s1. The van der Waals surface area contributed by atoms with Crippen LogP contribution in [0.4, 0.5) is 0 Å². The first-order valence-corrected chi connectivity index (χ1v) is 13.5. The molecule has 0 radical (unpaired) electrons. The average molecular weight is 518 g/mol. The van der Waals surface area contributed by atoms with E-state index in [0.29, 0.717) is 25.0 Å². The number of ether oxygens (including phenoxy) is 1. The lowest BCUT2D eigenvalue weighted by molar-refractivity contribution is -0.132. The maximum atomic E-state index is 13.5. The Hall–Kier alpha value is -3.72. The Balaban J connectivity index is 1.44. The number of aromatic nitrogens is 1. The van der Waals surface area contributed by atoms with Gasteiger partial charge in [-0.2, -0.15) is 0 Å². The summed E-state index contributed by atoms with van der Waals surface area (Å²) >= 11 is 1.43. The number of thiazole rings is 1. The summed E-state index contributed by atoms with van der Waals surface area (Å²) in [6.45, 7) is 4.61. The van der Waals surface area contributed by atoms with E-state index in [-0.39, 0.29) is 23.8 Å². The fourth-order valence-corrected chi connectivity index (χ4v) is 5.93. The number of rotatable bonds is 7. The Morgan fingerprint density at radius 3 is 2.81 bits per heavy atom. The number of carbonyl (C=O) groups excluding carboxylic acids is 2. The number of para-hydroxylation sites is 1. The molecule has 2 atom stereocenters. The van der Waals surface area contributed by atoms with E-state index in [2.05, 4.69) is 15.6 Å². The van der Waals surface area contributed by atoms with E-state index < -0.39 is 11.6 Å². The van der Waals surface area contributed by atoms with Crippen molar-refractivity contribution in [3.63, 3.8) is 0 Å². The zero-order chi connectivity index (χ0) is 26.0. The molecule has 192 valence electrons. The summed E-state index contributed by atoms with van der Waals surface area (Å²) in [6.07, 6.45) is 4.22. The lowest BCUT2D eigenvalue weighted by Crippen LogP contribution is -2.62. The van der Waals surface area contributed by atoms with Crippen LogP contribution in [-0.4, -0.2) is 39.8 Å². The van der Waals surface area contributed by atoms with Gasteiger partial charge in [0.1, 0.15) is 11.8 Å². The summed E-state index contributed by atoms with van der Waals surface area (Å²) in [7, 11) is 0. The molecule has 0 spiro atoms. The van der Waals surface area contributed by atoms with Crippen molar-refractivity contribution >= 4 is 29.1 Å². The predicted molar refractivity (Wildman–Crippen MR) is 143 cm³/mol. The molecule has 8 nitrogen and oxygen atoms in total. The van der Waals surface area contributed by atoms with Gasteiger partial charge in [-0.05, 0) is 36.6 Å². The fraction of sp³-hybridized carbons (Fsp3) is 0.357. The zero-order valence-electron chi connectivity index (χ0n) is 21.0. The SMILES string of the molecule is CCC1(CC)CC(=O)N([C@@H](c2cccc(C(=O)N[C@H]3CCOc4ccccc43)c2)c2cncs2)C(=N)N1. The van der Waals surface area contributed by atoms with Crippen molar-refractivity contribution in [1.82, 2.24) is 20.5 Å². The van der Waals surface area contributed by atoms with Crippen molar-refractivity contribution in [2.75, 3.05) is 6.61 Å². The first-order valence-electron chi connectivity index (χ1n) is 12.6. The van der Waals surface area contributed by atoms with Crippen molar-refractivity contribution in [1.29, 1.82) is 5.41 Å². The molecule has 37 heavy (non-hydrogen) atoms. The molecule has 1 aromatic heterocycles. The number of amides is 2. The number of fused-ring (bicyclic) bond motifs is 1. The summed E-state index contributed by atoms with van der Waals surface area (Å²) in [6, 6.07) is 14.4. The van der Waals surface area contributed by atoms with Gasteiger partial charge in [0, 0.05) is 29.3 Å². The van der Waals surface area contributed by atoms with Crippen LogP contribution in [0.5, 0.6) is 5.75 Å². The normalized spacial score (nSPS) is 19.4. The molecule has 0 saturated carbocycles. The van der Waals surface area contributed by atoms with Crippen LogP contribution in [0.2, 0.25) is 0 Å². The summed E-state index contributed by atoms with van der Waals surface area (Å²) in [4.78, 5) is 33.4. The minimum absolute atomic E-state index is 0.0759. The number of hydrogen-bond donors (Lipinski definition) is 3. The Kier molecular flexibility index (Phi) is 6.97. The van der Waals surface area contributed by atoms with E-state index in [1.54, 1.807) is 17.8 Å². The molecule has 0 bridgehead atoms. The molecule has 2 aliphatic rings. The van der Waals surface area contributed by atoms with Crippen molar-refractivity contribution < 1.29 is 14.3 Å². The molecule has 9 heteroatoms. The first kappa shape index (κ1) is 25.0. The Bertz CT molecular complexity index is 1280. The van der Waals surface area contributed by atoms with Crippen LogP contribution in [0.25, 0.3) is 0 Å². The van der Waals surface area contributed by atoms with Crippen LogP contribution in [0.1, 0.15) is 78.0 Å². The minimum atomic E-state index is -0.553. The fourth-order valence-electron chi connectivity index (χ4n) is 5.19. The second kappa shape index (κ2) is 10.3. The van der Waals surface area contributed by atoms with Crippen molar-refractivity contribution in [2.45, 2.75) is 57.2 Å². The van der Waals surface area contributed by atoms with Crippen LogP contribution in [0.15, 0.2) is 60.2 Å². The smallest absolute Gasteiger partial charge is 0.251 e. The topological polar surface area (TPSA) is 107 Å². The molecule has 3 N–H and O–H groups in total. The number of nitrogens with zero attached hydrogens (tertiary/aromatic N) is 2. The molecule has 5 rings (SSSR count). The van der Waals surface area contributed by atoms with E-state index in [0.717, 1.165) is 34.6 Å². The average Bonchev–Trinajstić information content (AvgIpc) is 3.45. The third-order valence-electron chi connectivity index (χ3n) is 7.44. The molecule has 2 aromatic carbocycles. The van der Waals surface area contributed by atoms with Crippen molar-refractivity contribution in [3.05, 3.63) is 81.8 Å². The Morgan fingerprint density at radius 2 is 2.08 bits per heavy atom. The Morgan fingerprint density at radius 1 is 1.27 bits per heavy atom. The molecule has 0 aliphatic carbocycles. The highest BCUT2D eigenvalue weighted by molar-refractivity contribution is 7.09. The molecule has 3 heterocycles. The highest BCUT2D eigenvalue weighted by Crippen LogP contribution is 2.36. The summed E-state index contributed by atoms with van der Waals surface area (Å²) < 4.78 is 5.73. The van der Waals surface area contributed by atoms with Crippen molar-refractivity contribution in [2.24, 2.45) is 0 Å². The molecule has 0 unspecified atom stereocenters. The number of nitrogens with one attached hydrogen (secondary N) is 3. The third-order valence-corrected chi connectivity index (χ3v) is 8.27. The van der Waals surface area contributed by atoms with Gasteiger partial charge in [-0.3, -0.25) is 24.9 Å². The predicted octanol–water partition coefficient (Wildman–Crippen LogP) is 4.80. The van der Waals surface area contributed by atoms with E-state index >= 15 is 0 Å². The lowest BCUT2D eigenvalue weighted by Gasteiger charge is -2.44. The highest BCUT2D eigenvalue weighted by atomic mass is 32.1. The maximum absolute atomic E-state index is 13.5. The first-order chi connectivity index (χ1) is 17.9. The number of carbonyl (C=O) groups is 2. The molecular formula is C28H31N5O3S. The maximum Gasteiger partial charge on any atom is 0.251 e. The van der Waals surface area contributed by atoms with Gasteiger partial charge in [0.25, 0.3) is 5.91 Å². The van der Waals surface area contributed by atoms with Crippen molar-refractivity contribution in [3.8, 4) is 5.75 Å². The molecule has 1 saturated heterocycles. The van der Waals surface area contributed by atoms with E-state index in [1.807, 2.05) is 56.3 Å². The van der Waals surface area contributed by atoms with Gasteiger partial charge in [0.2, 0.25) is 5.91 Å². The van der Waals surface area contributed by atoms with E-state index in [1.165, 1.54) is 16.2 Å². The quantitative estimate of drug-likeness (QED) is 0.417. The summed E-state index contributed by atoms with van der Waals surface area (Å²) in [5.74, 6) is 0.565. The van der Waals surface area contributed by atoms with E-state index in [4.69, 9.17) is 10.1 Å². The lowest BCUT2D eigenvalue weighted by atomic mass is 9.86. The van der Waals surface area contributed by atoms with Crippen LogP contribution in [-0.2, 0) is 4.79 Å².